The summed E-state index contributed by atoms with van der Waals surface area (Å²) >= 11 is 0. The van der Waals surface area contributed by atoms with Crippen molar-refractivity contribution in [2.45, 2.75) is 37.7 Å². The average Bonchev–Trinajstić information content (AvgIpc) is 2.72. The van der Waals surface area contributed by atoms with Crippen molar-refractivity contribution >= 4 is 22.1 Å². The Kier molecular flexibility index (Phi) is 4.38. The second kappa shape index (κ2) is 5.76. The molecule has 0 aromatic carbocycles. The first-order chi connectivity index (χ1) is 9.74. The van der Waals surface area contributed by atoms with Crippen molar-refractivity contribution in [1.82, 2.24) is 0 Å². The van der Waals surface area contributed by atoms with Gasteiger partial charge >= 0.3 is 22.1 Å². The second-order valence-electron chi connectivity index (χ2n) is 5.45. The topological polar surface area (TPSA) is 96.0 Å². The lowest BCUT2D eigenvalue weighted by atomic mass is 10.0. The smallest absolute Gasteiger partial charge is 0.334 e. The van der Waals surface area contributed by atoms with Crippen LogP contribution in [0, 0.1) is 11.8 Å². The van der Waals surface area contributed by atoms with Crippen LogP contribution in [0.1, 0.15) is 26.2 Å². The number of carbonyl (C=O) groups excluding carboxylic acids is 2. The van der Waals surface area contributed by atoms with Crippen LogP contribution in [0.15, 0.2) is 12.2 Å². The average molecular weight is 318 g/mol. The summed E-state index contributed by atoms with van der Waals surface area (Å²) in [5.41, 5.74) is -1.21. The lowest BCUT2D eigenvalue weighted by Gasteiger charge is -2.28. The molecular formula is C13H18O7S. The molecule has 0 aromatic rings. The number of fused-ring (bicyclic) bond motifs is 2. The summed E-state index contributed by atoms with van der Waals surface area (Å²) in [5, 5.41) is 0. The van der Waals surface area contributed by atoms with Crippen molar-refractivity contribution in [1.29, 1.82) is 0 Å². The highest BCUT2D eigenvalue weighted by Gasteiger charge is 2.53. The molecule has 0 N–H and O–H groups in total. The highest BCUT2D eigenvalue weighted by atomic mass is 32.2. The highest BCUT2D eigenvalue weighted by Crippen LogP contribution is 2.45. The third kappa shape index (κ3) is 3.26. The number of esters is 2. The normalized spacial score (nSPS) is 33.2. The molecule has 7 nitrogen and oxygen atoms in total. The number of rotatable bonds is 4. The molecule has 2 bridgehead atoms. The molecule has 8 heteroatoms. The van der Waals surface area contributed by atoms with Gasteiger partial charge in [0, 0.05) is 11.5 Å². The van der Waals surface area contributed by atoms with Crippen molar-refractivity contribution in [3.8, 4) is 0 Å². The standard InChI is InChI=1S/C13H18O7S/c1-7(2)12(15)19-13-9-4-8(6-11(14)18-3)10(5-9)20-21(13,16)17/h8-10,13H,1,4-6H2,2-3H3. The molecule has 2 aliphatic rings. The number of ether oxygens (including phenoxy) is 2. The van der Waals surface area contributed by atoms with Crippen molar-refractivity contribution < 1.29 is 31.7 Å². The molecule has 1 saturated heterocycles. The van der Waals surface area contributed by atoms with Gasteiger partial charge in [-0.05, 0) is 25.7 Å². The van der Waals surface area contributed by atoms with Gasteiger partial charge in [-0.1, -0.05) is 6.58 Å². The van der Waals surface area contributed by atoms with Gasteiger partial charge in [-0.25, -0.2) is 4.79 Å². The summed E-state index contributed by atoms with van der Waals surface area (Å²) in [6.45, 7) is 4.86. The Bertz CT molecular complexity index is 565. The van der Waals surface area contributed by atoms with Gasteiger partial charge < -0.3 is 9.47 Å². The summed E-state index contributed by atoms with van der Waals surface area (Å²) < 4.78 is 38.8. The molecule has 1 aliphatic carbocycles. The molecule has 21 heavy (non-hydrogen) atoms. The van der Waals surface area contributed by atoms with E-state index < -0.39 is 33.6 Å². The summed E-state index contributed by atoms with van der Waals surface area (Å²) in [6.07, 6.45) is 0.412. The predicted molar refractivity (Wildman–Crippen MR) is 71.3 cm³/mol. The Morgan fingerprint density at radius 1 is 1.33 bits per heavy atom. The van der Waals surface area contributed by atoms with Crippen LogP contribution in [-0.4, -0.2) is 39.0 Å². The van der Waals surface area contributed by atoms with E-state index in [0.717, 1.165) is 0 Å². The molecule has 1 heterocycles. The van der Waals surface area contributed by atoms with E-state index >= 15 is 0 Å². The van der Waals surface area contributed by atoms with E-state index in [1.807, 2.05) is 0 Å². The Labute approximate surface area is 123 Å². The van der Waals surface area contributed by atoms with Gasteiger partial charge in [0.2, 0.25) is 5.44 Å². The minimum Gasteiger partial charge on any atom is -0.469 e. The molecule has 0 spiro atoms. The van der Waals surface area contributed by atoms with Gasteiger partial charge in [0.1, 0.15) is 0 Å². The Morgan fingerprint density at radius 2 is 2.00 bits per heavy atom. The predicted octanol–water partition coefficient (Wildman–Crippen LogP) is 0.750. The minimum atomic E-state index is -4.00. The molecule has 0 amide bonds. The van der Waals surface area contributed by atoms with Crippen molar-refractivity contribution in [2.24, 2.45) is 11.8 Å². The maximum atomic E-state index is 12.1. The van der Waals surface area contributed by atoms with E-state index in [9.17, 15) is 18.0 Å². The zero-order valence-electron chi connectivity index (χ0n) is 11.9. The zero-order valence-corrected chi connectivity index (χ0v) is 12.7. The van der Waals surface area contributed by atoms with Gasteiger partial charge in [0.25, 0.3) is 0 Å². The molecule has 4 atom stereocenters. The number of hydrogen-bond donors (Lipinski definition) is 0. The summed E-state index contributed by atoms with van der Waals surface area (Å²) in [5.74, 6) is -1.79. The van der Waals surface area contributed by atoms with Gasteiger partial charge in [-0.15, -0.1) is 0 Å². The van der Waals surface area contributed by atoms with E-state index in [1.54, 1.807) is 0 Å². The van der Waals surface area contributed by atoms with E-state index in [0.29, 0.717) is 12.8 Å². The molecule has 118 valence electrons. The van der Waals surface area contributed by atoms with E-state index in [-0.39, 0.29) is 23.8 Å². The lowest BCUT2D eigenvalue weighted by molar-refractivity contribution is -0.143. The first-order valence-corrected chi connectivity index (χ1v) is 8.07. The molecule has 4 unspecified atom stereocenters. The van der Waals surface area contributed by atoms with Crippen molar-refractivity contribution in [3.05, 3.63) is 12.2 Å². The van der Waals surface area contributed by atoms with Crippen LogP contribution in [0.5, 0.6) is 0 Å². The van der Waals surface area contributed by atoms with Gasteiger partial charge in [0.05, 0.1) is 19.6 Å². The summed E-state index contributed by atoms with van der Waals surface area (Å²) in [7, 11) is -2.72. The molecule has 2 rings (SSSR count). The third-order valence-corrected chi connectivity index (χ3v) is 5.39. The zero-order chi connectivity index (χ0) is 15.8. The SMILES string of the molecule is C=C(C)C(=O)OC1C2CC(CC(=O)OC)C(C2)OS1(=O)=O. The summed E-state index contributed by atoms with van der Waals surface area (Å²) in [4.78, 5) is 22.9. The quantitative estimate of drug-likeness (QED) is 0.429. The fourth-order valence-electron chi connectivity index (χ4n) is 2.80. The molecule has 0 radical (unpaired) electrons. The molecular weight excluding hydrogens is 300 g/mol. The van der Waals surface area contributed by atoms with Gasteiger partial charge in [0.15, 0.2) is 0 Å². The first-order valence-electron chi connectivity index (χ1n) is 6.60. The van der Waals surface area contributed by atoms with Gasteiger partial charge in [-0.2, -0.15) is 8.42 Å². The lowest BCUT2D eigenvalue weighted by Crippen LogP contribution is -2.40. The fourth-order valence-corrected chi connectivity index (χ4v) is 4.39. The van der Waals surface area contributed by atoms with E-state index in [4.69, 9.17) is 8.92 Å². The largest absolute Gasteiger partial charge is 0.469 e. The number of methoxy groups -OCH3 is 1. The maximum absolute atomic E-state index is 12.1. The number of carbonyl (C=O) groups is 2. The maximum Gasteiger partial charge on any atom is 0.334 e. The molecule has 1 saturated carbocycles. The van der Waals surface area contributed by atoms with Crippen LogP contribution < -0.4 is 0 Å². The Morgan fingerprint density at radius 3 is 2.57 bits per heavy atom. The van der Waals surface area contributed by atoms with E-state index in [1.165, 1.54) is 14.0 Å². The van der Waals surface area contributed by atoms with Crippen LogP contribution in [0.25, 0.3) is 0 Å². The molecule has 1 aliphatic heterocycles. The minimum absolute atomic E-state index is 0.0916. The highest BCUT2D eigenvalue weighted by molar-refractivity contribution is 7.87. The second-order valence-corrected chi connectivity index (χ2v) is 7.10. The van der Waals surface area contributed by atoms with E-state index in [2.05, 4.69) is 11.3 Å². The van der Waals surface area contributed by atoms with Crippen LogP contribution in [0.3, 0.4) is 0 Å². The molecule has 0 aromatic heterocycles. The van der Waals surface area contributed by atoms with Crippen LogP contribution in [-0.2, 0) is 33.4 Å². The van der Waals surface area contributed by atoms with Crippen molar-refractivity contribution in [2.75, 3.05) is 7.11 Å². The molecule has 2 fully saturated rings. The third-order valence-electron chi connectivity index (χ3n) is 3.82. The number of hydrogen-bond acceptors (Lipinski definition) is 7. The first kappa shape index (κ1) is 16.0. The summed E-state index contributed by atoms with van der Waals surface area (Å²) in [6, 6.07) is 0. The van der Waals surface area contributed by atoms with Crippen LogP contribution in [0.2, 0.25) is 0 Å². The Hall–Kier alpha value is -1.41. The van der Waals surface area contributed by atoms with Gasteiger partial charge in [-0.3, -0.25) is 8.98 Å². The monoisotopic (exact) mass is 318 g/mol. The fraction of sp³-hybridized carbons (Fsp3) is 0.692. The van der Waals surface area contributed by atoms with Crippen LogP contribution in [0.4, 0.5) is 0 Å². The van der Waals surface area contributed by atoms with Crippen LogP contribution >= 0.6 is 0 Å². The Balaban J connectivity index is 2.14. The van der Waals surface area contributed by atoms with Crippen molar-refractivity contribution in [3.63, 3.8) is 0 Å².